The Kier molecular flexibility index (Phi) is 4.80. The lowest BCUT2D eigenvalue weighted by Gasteiger charge is -2.01. The SMILES string of the molecule is COCCNCc1cnc(-c2ccccc2[N+](=O)[O-])[nH]1. The number of aromatic nitrogens is 2. The molecule has 7 heteroatoms. The highest BCUT2D eigenvalue weighted by atomic mass is 16.6. The zero-order valence-electron chi connectivity index (χ0n) is 11.1. The molecule has 20 heavy (non-hydrogen) atoms. The van der Waals surface area contributed by atoms with Gasteiger partial charge < -0.3 is 15.0 Å². The average Bonchev–Trinajstić information content (AvgIpc) is 2.92. The van der Waals surface area contributed by atoms with Gasteiger partial charge in [0, 0.05) is 38.2 Å². The van der Waals surface area contributed by atoms with Gasteiger partial charge in [0.1, 0.15) is 5.82 Å². The predicted molar refractivity (Wildman–Crippen MR) is 74.3 cm³/mol. The summed E-state index contributed by atoms with van der Waals surface area (Å²) >= 11 is 0. The molecule has 1 aromatic carbocycles. The smallest absolute Gasteiger partial charge is 0.280 e. The number of nitro groups is 1. The number of para-hydroxylation sites is 1. The molecule has 106 valence electrons. The summed E-state index contributed by atoms with van der Waals surface area (Å²) in [6.45, 7) is 1.97. The molecule has 0 saturated heterocycles. The van der Waals surface area contributed by atoms with E-state index in [1.807, 2.05) is 0 Å². The van der Waals surface area contributed by atoms with Gasteiger partial charge in [-0.3, -0.25) is 10.1 Å². The minimum Gasteiger partial charge on any atom is -0.383 e. The van der Waals surface area contributed by atoms with Crippen LogP contribution < -0.4 is 5.32 Å². The van der Waals surface area contributed by atoms with Crippen LogP contribution in [0.2, 0.25) is 0 Å². The first-order chi connectivity index (χ1) is 9.72. The number of ether oxygens (including phenoxy) is 1. The number of hydrogen-bond donors (Lipinski definition) is 2. The lowest BCUT2D eigenvalue weighted by atomic mass is 10.2. The fourth-order valence-corrected chi connectivity index (χ4v) is 1.82. The minimum absolute atomic E-state index is 0.0424. The molecular formula is C13H16N4O3. The van der Waals surface area contributed by atoms with Crippen molar-refractivity contribution < 1.29 is 9.66 Å². The number of imidazole rings is 1. The van der Waals surface area contributed by atoms with Gasteiger partial charge in [0.25, 0.3) is 5.69 Å². The Morgan fingerprint density at radius 3 is 3.00 bits per heavy atom. The first kappa shape index (κ1) is 14.2. The van der Waals surface area contributed by atoms with Gasteiger partial charge in [-0.25, -0.2) is 4.98 Å². The molecule has 0 saturated carbocycles. The second-order valence-electron chi connectivity index (χ2n) is 4.20. The number of rotatable bonds is 7. The van der Waals surface area contributed by atoms with E-state index in [1.165, 1.54) is 6.07 Å². The summed E-state index contributed by atoms with van der Waals surface area (Å²) in [5.41, 5.74) is 1.40. The number of methoxy groups -OCH3 is 1. The Morgan fingerprint density at radius 2 is 2.25 bits per heavy atom. The number of hydrogen-bond acceptors (Lipinski definition) is 5. The first-order valence-electron chi connectivity index (χ1n) is 6.19. The zero-order chi connectivity index (χ0) is 14.4. The number of H-pyrrole nitrogens is 1. The number of nitrogens with zero attached hydrogens (tertiary/aromatic N) is 2. The third-order valence-corrected chi connectivity index (χ3v) is 2.78. The van der Waals surface area contributed by atoms with E-state index in [-0.39, 0.29) is 5.69 Å². The van der Waals surface area contributed by atoms with E-state index in [0.717, 1.165) is 12.2 Å². The average molecular weight is 276 g/mol. The van der Waals surface area contributed by atoms with Crippen LogP contribution in [-0.4, -0.2) is 35.2 Å². The quantitative estimate of drug-likeness (QED) is 0.456. The third-order valence-electron chi connectivity index (χ3n) is 2.78. The van der Waals surface area contributed by atoms with Crippen molar-refractivity contribution in [2.24, 2.45) is 0 Å². The van der Waals surface area contributed by atoms with Crippen molar-refractivity contribution in [2.75, 3.05) is 20.3 Å². The van der Waals surface area contributed by atoms with E-state index in [1.54, 1.807) is 31.5 Å². The summed E-state index contributed by atoms with van der Waals surface area (Å²) in [4.78, 5) is 17.9. The van der Waals surface area contributed by atoms with Crippen molar-refractivity contribution in [3.05, 3.63) is 46.3 Å². The van der Waals surface area contributed by atoms with Crippen molar-refractivity contribution in [3.8, 4) is 11.4 Å². The van der Waals surface area contributed by atoms with E-state index < -0.39 is 4.92 Å². The van der Waals surface area contributed by atoms with E-state index in [9.17, 15) is 10.1 Å². The molecule has 0 fully saturated rings. The van der Waals surface area contributed by atoms with E-state index >= 15 is 0 Å². The molecule has 0 spiro atoms. The molecule has 0 radical (unpaired) electrons. The Bertz CT molecular complexity index is 583. The molecule has 1 heterocycles. The van der Waals surface area contributed by atoms with Crippen molar-refractivity contribution in [3.63, 3.8) is 0 Å². The predicted octanol–water partition coefficient (Wildman–Crippen LogP) is 1.72. The normalized spacial score (nSPS) is 10.7. The summed E-state index contributed by atoms with van der Waals surface area (Å²) < 4.78 is 4.93. The molecule has 0 atom stereocenters. The third kappa shape index (κ3) is 3.40. The van der Waals surface area contributed by atoms with E-state index in [0.29, 0.717) is 24.5 Å². The van der Waals surface area contributed by atoms with Crippen LogP contribution in [0.5, 0.6) is 0 Å². The lowest BCUT2D eigenvalue weighted by Crippen LogP contribution is -2.18. The minimum atomic E-state index is -0.408. The summed E-state index contributed by atoms with van der Waals surface area (Å²) in [5, 5.41) is 14.2. The number of aromatic amines is 1. The van der Waals surface area contributed by atoms with Gasteiger partial charge in [-0.1, -0.05) is 12.1 Å². The van der Waals surface area contributed by atoms with E-state index in [4.69, 9.17) is 4.74 Å². The number of benzene rings is 1. The topological polar surface area (TPSA) is 93.1 Å². The van der Waals surface area contributed by atoms with Gasteiger partial charge in [-0.05, 0) is 6.07 Å². The Hall–Kier alpha value is -2.25. The molecule has 0 unspecified atom stereocenters. The molecule has 0 bridgehead atoms. The monoisotopic (exact) mass is 276 g/mol. The molecule has 0 amide bonds. The standard InChI is InChI=1S/C13H16N4O3/c1-20-7-6-14-8-10-9-15-13(16-10)11-4-2-3-5-12(11)17(18)19/h2-5,9,14H,6-8H2,1H3,(H,15,16). The van der Waals surface area contributed by atoms with Crippen molar-refractivity contribution in [2.45, 2.75) is 6.54 Å². The molecule has 0 aliphatic carbocycles. The summed E-state index contributed by atoms with van der Waals surface area (Å²) in [7, 11) is 1.64. The van der Waals surface area contributed by atoms with Gasteiger partial charge in [0.15, 0.2) is 0 Å². The fourth-order valence-electron chi connectivity index (χ4n) is 1.82. The molecule has 7 nitrogen and oxygen atoms in total. The van der Waals surface area contributed by atoms with E-state index in [2.05, 4.69) is 15.3 Å². The van der Waals surface area contributed by atoms with Gasteiger partial charge in [0.2, 0.25) is 0 Å². The van der Waals surface area contributed by atoms with Crippen LogP contribution in [0.4, 0.5) is 5.69 Å². The molecule has 0 aliphatic rings. The van der Waals surface area contributed by atoms with Gasteiger partial charge in [-0.2, -0.15) is 0 Å². The Morgan fingerprint density at radius 1 is 1.45 bits per heavy atom. The maximum atomic E-state index is 11.0. The van der Waals surface area contributed by atoms with Crippen LogP contribution in [0, 0.1) is 10.1 Å². The van der Waals surface area contributed by atoms with Crippen LogP contribution in [0.3, 0.4) is 0 Å². The highest BCUT2D eigenvalue weighted by Crippen LogP contribution is 2.26. The number of nitrogens with one attached hydrogen (secondary N) is 2. The van der Waals surface area contributed by atoms with Crippen LogP contribution in [0.15, 0.2) is 30.5 Å². The molecule has 2 aromatic rings. The second kappa shape index (κ2) is 6.78. The molecule has 1 aromatic heterocycles. The number of nitro benzene ring substituents is 1. The van der Waals surface area contributed by atoms with Crippen LogP contribution in [0.1, 0.15) is 5.69 Å². The van der Waals surface area contributed by atoms with Crippen LogP contribution in [-0.2, 0) is 11.3 Å². The second-order valence-corrected chi connectivity index (χ2v) is 4.20. The summed E-state index contributed by atoms with van der Waals surface area (Å²) in [5.74, 6) is 0.501. The van der Waals surface area contributed by atoms with Crippen molar-refractivity contribution in [1.82, 2.24) is 15.3 Å². The first-order valence-corrected chi connectivity index (χ1v) is 6.19. The van der Waals surface area contributed by atoms with Crippen molar-refractivity contribution in [1.29, 1.82) is 0 Å². The van der Waals surface area contributed by atoms with Crippen LogP contribution in [0.25, 0.3) is 11.4 Å². The highest BCUT2D eigenvalue weighted by Gasteiger charge is 2.16. The highest BCUT2D eigenvalue weighted by molar-refractivity contribution is 5.67. The summed E-state index contributed by atoms with van der Waals surface area (Å²) in [6, 6.07) is 6.53. The largest absolute Gasteiger partial charge is 0.383 e. The maximum absolute atomic E-state index is 11.0. The van der Waals surface area contributed by atoms with Gasteiger partial charge in [0.05, 0.1) is 17.1 Å². The Balaban J connectivity index is 2.11. The Labute approximate surface area is 116 Å². The van der Waals surface area contributed by atoms with Gasteiger partial charge >= 0.3 is 0 Å². The molecule has 0 aliphatic heterocycles. The molecular weight excluding hydrogens is 260 g/mol. The summed E-state index contributed by atoms with van der Waals surface area (Å²) in [6.07, 6.45) is 1.67. The van der Waals surface area contributed by atoms with Gasteiger partial charge in [-0.15, -0.1) is 0 Å². The maximum Gasteiger partial charge on any atom is 0.280 e. The molecule has 2 rings (SSSR count). The molecule has 2 N–H and O–H groups in total. The zero-order valence-corrected chi connectivity index (χ0v) is 11.1. The van der Waals surface area contributed by atoms with Crippen LogP contribution >= 0.6 is 0 Å². The fraction of sp³-hybridized carbons (Fsp3) is 0.308. The van der Waals surface area contributed by atoms with Crippen molar-refractivity contribution >= 4 is 5.69 Å². The lowest BCUT2D eigenvalue weighted by molar-refractivity contribution is -0.384.